The molecule has 2 aliphatic rings. The van der Waals surface area contributed by atoms with Gasteiger partial charge in [0, 0.05) is 11.1 Å². The summed E-state index contributed by atoms with van der Waals surface area (Å²) in [5.41, 5.74) is 2.26. The predicted octanol–water partition coefficient (Wildman–Crippen LogP) is 7.38. The van der Waals surface area contributed by atoms with E-state index in [1.165, 1.54) is 44.1 Å². The molecule has 4 unspecified atom stereocenters. The Morgan fingerprint density at radius 2 is 1.43 bits per heavy atom. The molecule has 0 aliphatic heterocycles. The van der Waals surface area contributed by atoms with Gasteiger partial charge in [-0.25, -0.2) is 13.2 Å². The van der Waals surface area contributed by atoms with Gasteiger partial charge in [-0.05, 0) is 98.9 Å². The van der Waals surface area contributed by atoms with Crippen molar-refractivity contribution in [2.75, 3.05) is 0 Å². The molecule has 2 aromatic carbocycles. The van der Waals surface area contributed by atoms with E-state index in [0.29, 0.717) is 5.92 Å². The smallest absolute Gasteiger partial charge is 0.194 e. The molecule has 156 valence electrons. The molecule has 4 rings (SSSR count). The average Bonchev–Trinajstić information content (AvgIpc) is 2.76. The van der Waals surface area contributed by atoms with Gasteiger partial charge < -0.3 is 0 Å². The van der Waals surface area contributed by atoms with E-state index in [0.717, 1.165) is 35.4 Å². The van der Waals surface area contributed by atoms with Crippen molar-refractivity contribution in [3.8, 4) is 11.8 Å². The molecule has 0 heterocycles. The predicted molar refractivity (Wildman–Crippen MR) is 114 cm³/mol. The number of hydrogen-bond acceptors (Lipinski definition) is 0. The first-order chi connectivity index (χ1) is 14.5. The van der Waals surface area contributed by atoms with Gasteiger partial charge in [-0.15, -0.1) is 0 Å². The van der Waals surface area contributed by atoms with Crippen LogP contribution in [0, 0.1) is 47.0 Å². The zero-order valence-corrected chi connectivity index (χ0v) is 17.3. The van der Waals surface area contributed by atoms with Crippen LogP contribution < -0.4 is 0 Å². The number of fused-ring (bicyclic) bond motifs is 1. The summed E-state index contributed by atoms with van der Waals surface area (Å²) in [4.78, 5) is 0. The van der Waals surface area contributed by atoms with Crippen LogP contribution in [0.4, 0.5) is 13.2 Å². The lowest BCUT2D eigenvalue weighted by molar-refractivity contribution is 0.133. The van der Waals surface area contributed by atoms with Crippen LogP contribution in [0.5, 0.6) is 0 Å². The van der Waals surface area contributed by atoms with Crippen molar-refractivity contribution in [1.29, 1.82) is 0 Å². The van der Waals surface area contributed by atoms with Gasteiger partial charge in [-0.1, -0.05) is 36.1 Å². The molecule has 3 heteroatoms. The molecule has 0 radical (unpaired) electrons. The van der Waals surface area contributed by atoms with Gasteiger partial charge in [0.25, 0.3) is 0 Å². The molecule has 30 heavy (non-hydrogen) atoms. The molecular weight excluding hydrogens is 381 g/mol. The van der Waals surface area contributed by atoms with E-state index in [4.69, 9.17) is 0 Å². The lowest BCUT2D eigenvalue weighted by Crippen LogP contribution is -2.30. The largest absolute Gasteiger partial charge is 0.204 e. The highest BCUT2D eigenvalue weighted by atomic mass is 19.2. The molecule has 2 fully saturated rings. The van der Waals surface area contributed by atoms with E-state index in [2.05, 4.69) is 43.0 Å². The van der Waals surface area contributed by atoms with Gasteiger partial charge in [0.15, 0.2) is 17.5 Å². The van der Waals surface area contributed by atoms with Gasteiger partial charge >= 0.3 is 0 Å². The van der Waals surface area contributed by atoms with E-state index >= 15 is 0 Å². The highest BCUT2D eigenvalue weighted by Crippen LogP contribution is 2.47. The summed E-state index contributed by atoms with van der Waals surface area (Å²) < 4.78 is 39.7. The molecule has 4 atom stereocenters. The van der Waals surface area contributed by atoms with E-state index < -0.39 is 17.5 Å². The van der Waals surface area contributed by atoms with Crippen molar-refractivity contribution in [2.24, 2.45) is 17.8 Å². The van der Waals surface area contributed by atoms with E-state index in [9.17, 15) is 13.2 Å². The van der Waals surface area contributed by atoms with Gasteiger partial charge in [0.2, 0.25) is 0 Å². The van der Waals surface area contributed by atoms with Crippen LogP contribution >= 0.6 is 0 Å². The molecule has 2 aromatic rings. The fraction of sp³-hybridized carbons (Fsp3) is 0.407. The summed E-state index contributed by atoms with van der Waals surface area (Å²) in [5, 5.41) is 0. The standard InChI is InChI=1S/C27H27F3/c1-2-3-19-8-11-24-17-23(13-12-22(24)14-19)21-9-6-18(7-10-21)4-5-20-15-25(28)27(30)26(29)16-20/h2-3,6-7,9-10,15-16,19,22-24H,8,11-14,17H2,1H3/b3-2+. The Morgan fingerprint density at radius 1 is 0.800 bits per heavy atom. The van der Waals surface area contributed by atoms with Crippen LogP contribution in [0.2, 0.25) is 0 Å². The zero-order chi connectivity index (χ0) is 21.1. The number of benzene rings is 2. The fourth-order valence-electron chi connectivity index (χ4n) is 5.29. The highest BCUT2D eigenvalue weighted by molar-refractivity contribution is 5.44. The number of halogens is 3. The van der Waals surface area contributed by atoms with Crippen molar-refractivity contribution in [2.45, 2.75) is 51.4 Å². The normalized spacial score (nSPS) is 26.1. The van der Waals surface area contributed by atoms with E-state index in [1.807, 2.05) is 12.1 Å². The second-order valence-corrected chi connectivity index (χ2v) is 8.75. The van der Waals surface area contributed by atoms with Gasteiger partial charge in [-0.2, -0.15) is 0 Å². The average molecular weight is 409 g/mol. The topological polar surface area (TPSA) is 0 Å². The highest BCUT2D eigenvalue weighted by Gasteiger charge is 2.35. The summed E-state index contributed by atoms with van der Waals surface area (Å²) in [7, 11) is 0. The minimum Gasteiger partial charge on any atom is -0.204 e. The molecule has 2 aliphatic carbocycles. The Morgan fingerprint density at radius 3 is 2.13 bits per heavy atom. The van der Waals surface area contributed by atoms with Crippen molar-refractivity contribution in [3.63, 3.8) is 0 Å². The summed E-state index contributed by atoms with van der Waals surface area (Å²) in [6.07, 6.45) is 12.4. The van der Waals surface area contributed by atoms with Crippen molar-refractivity contribution in [1.82, 2.24) is 0 Å². The molecule has 0 spiro atoms. The summed E-state index contributed by atoms with van der Waals surface area (Å²) >= 11 is 0. The Kier molecular flexibility index (Phi) is 6.32. The number of hydrogen-bond donors (Lipinski definition) is 0. The van der Waals surface area contributed by atoms with Crippen molar-refractivity contribution in [3.05, 3.63) is 82.7 Å². The quantitative estimate of drug-likeness (QED) is 0.276. The van der Waals surface area contributed by atoms with E-state index in [1.54, 1.807) is 0 Å². The van der Waals surface area contributed by atoms with Crippen LogP contribution in [-0.2, 0) is 0 Å². The Bertz CT molecular complexity index is 954. The van der Waals surface area contributed by atoms with E-state index in [-0.39, 0.29) is 5.56 Å². The summed E-state index contributed by atoms with van der Waals surface area (Å²) in [6, 6.07) is 10.0. The first kappa shape index (κ1) is 20.8. The van der Waals surface area contributed by atoms with Crippen LogP contribution in [-0.4, -0.2) is 0 Å². The minimum absolute atomic E-state index is 0.127. The monoisotopic (exact) mass is 408 g/mol. The fourth-order valence-corrected chi connectivity index (χ4v) is 5.29. The van der Waals surface area contributed by atoms with Gasteiger partial charge in [0.05, 0.1) is 0 Å². The third-order valence-electron chi connectivity index (χ3n) is 6.84. The first-order valence-corrected chi connectivity index (χ1v) is 10.9. The minimum atomic E-state index is -1.46. The summed E-state index contributed by atoms with van der Waals surface area (Å²) in [5.74, 6) is 4.82. The molecule has 2 saturated carbocycles. The SMILES string of the molecule is C/C=C/C1CCC2CC(c3ccc(C#Cc4cc(F)c(F)c(F)c4)cc3)CCC2C1. The summed E-state index contributed by atoms with van der Waals surface area (Å²) in [6.45, 7) is 2.12. The molecule has 0 nitrogen and oxygen atoms in total. The maximum Gasteiger partial charge on any atom is 0.194 e. The van der Waals surface area contributed by atoms with Crippen LogP contribution in [0.15, 0.2) is 48.6 Å². The second kappa shape index (κ2) is 9.13. The molecule has 0 saturated heterocycles. The Hall–Kier alpha value is -2.47. The molecule has 0 amide bonds. The third kappa shape index (κ3) is 4.64. The molecule has 0 aromatic heterocycles. The van der Waals surface area contributed by atoms with Gasteiger partial charge in [-0.3, -0.25) is 0 Å². The number of allylic oxidation sites excluding steroid dienone is 2. The molecular formula is C27H27F3. The lowest BCUT2D eigenvalue weighted by Gasteiger charge is -2.41. The molecule has 0 N–H and O–H groups in total. The van der Waals surface area contributed by atoms with Crippen LogP contribution in [0.1, 0.15) is 68.1 Å². The number of rotatable bonds is 2. The Labute approximate surface area is 177 Å². The van der Waals surface area contributed by atoms with Crippen LogP contribution in [0.25, 0.3) is 0 Å². The third-order valence-corrected chi connectivity index (χ3v) is 6.84. The van der Waals surface area contributed by atoms with Crippen molar-refractivity contribution < 1.29 is 13.2 Å². The first-order valence-electron chi connectivity index (χ1n) is 10.9. The zero-order valence-electron chi connectivity index (χ0n) is 17.3. The Balaban J connectivity index is 1.40. The van der Waals surface area contributed by atoms with Gasteiger partial charge in [0.1, 0.15) is 0 Å². The maximum atomic E-state index is 13.3. The van der Waals surface area contributed by atoms with Crippen molar-refractivity contribution >= 4 is 0 Å². The lowest BCUT2D eigenvalue weighted by atomic mass is 9.64. The maximum absolute atomic E-state index is 13.3. The molecule has 0 bridgehead atoms. The van der Waals surface area contributed by atoms with Crippen LogP contribution in [0.3, 0.4) is 0 Å². The second-order valence-electron chi connectivity index (χ2n) is 8.75.